The molecular formula is C13H26O. The van der Waals surface area contributed by atoms with Crippen LogP contribution in [0.1, 0.15) is 65.7 Å². The zero-order chi connectivity index (χ0) is 10.6. The second-order valence-corrected chi connectivity index (χ2v) is 5.16. The zero-order valence-electron chi connectivity index (χ0n) is 10.1. The standard InChI is InChI=1S/C13H26O/c1-4-10-13(14,5-2)12-8-6-11(3)7-9-12/h11-12,14H,4-10H2,1-3H3. The number of hydrogen-bond acceptors (Lipinski definition) is 1. The largest absolute Gasteiger partial charge is 0.390 e. The molecule has 0 bridgehead atoms. The number of aliphatic hydroxyl groups is 1. The second kappa shape index (κ2) is 5.16. The van der Waals surface area contributed by atoms with Gasteiger partial charge in [-0.3, -0.25) is 0 Å². The molecule has 1 saturated carbocycles. The average Bonchev–Trinajstić information content (AvgIpc) is 2.19. The summed E-state index contributed by atoms with van der Waals surface area (Å²) in [5.74, 6) is 1.46. The van der Waals surface area contributed by atoms with Gasteiger partial charge in [0, 0.05) is 0 Å². The zero-order valence-corrected chi connectivity index (χ0v) is 10.1. The maximum atomic E-state index is 10.5. The van der Waals surface area contributed by atoms with Crippen LogP contribution in [0.4, 0.5) is 0 Å². The van der Waals surface area contributed by atoms with Gasteiger partial charge in [-0.05, 0) is 37.5 Å². The summed E-state index contributed by atoms with van der Waals surface area (Å²) >= 11 is 0. The van der Waals surface area contributed by atoms with Gasteiger partial charge in [0.15, 0.2) is 0 Å². The molecule has 1 aliphatic rings. The smallest absolute Gasteiger partial charge is 0.0673 e. The third kappa shape index (κ3) is 2.73. The van der Waals surface area contributed by atoms with Gasteiger partial charge in [-0.2, -0.15) is 0 Å². The average molecular weight is 198 g/mol. The van der Waals surface area contributed by atoms with E-state index in [-0.39, 0.29) is 5.60 Å². The highest BCUT2D eigenvalue weighted by atomic mass is 16.3. The van der Waals surface area contributed by atoms with Gasteiger partial charge in [0.25, 0.3) is 0 Å². The van der Waals surface area contributed by atoms with Crippen molar-refractivity contribution in [3.63, 3.8) is 0 Å². The Labute approximate surface area is 88.9 Å². The monoisotopic (exact) mass is 198 g/mol. The highest BCUT2D eigenvalue weighted by Gasteiger charge is 2.35. The minimum Gasteiger partial charge on any atom is -0.390 e. The van der Waals surface area contributed by atoms with E-state index in [0.29, 0.717) is 5.92 Å². The molecule has 0 heterocycles. The van der Waals surface area contributed by atoms with Crippen LogP contribution in [0.5, 0.6) is 0 Å². The lowest BCUT2D eigenvalue weighted by Crippen LogP contribution is -2.39. The first-order valence-corrected chi connectivity index (χ1v) is 6.34. The molecule has 0 aromatic carbocycles. The Morgan fingerprint density at radius 1 is 1.14 bits per heavy atom. The van der Waals surface area contributed by atoms with Crippen molar-refractivity contribution in [1.82, 2.24) is 0 Å². The van der Waals surface area contributed by atoms with Gasteiger partial charge in [-0.25, -0.2) is 0 Å². The van der Waals surface area contributed by atoms with Crippen LogP contribution in [0.2, 0.25) is 0 Å². The van der Waals surface area contributed by atoms with Crippen molar-refractivity contribution in [1.29, 1.82) is 0 Å². The van der Waals surface area contributed by atoms with Crippen molar-refractivity contribution >= 4 is 0 Å². The normalized spacial score (nSPS) is 32.6. The highest BCUT2D eigenvalue weighted by Crippen LogP contribution is 2.39. The van der Waals surface area contributed by atoms with E-state index in [2.05, 4.69) is 20.8 Å². The van der Waals surface area contributed by atoms with E-state index < -0.39 is 0 Å². The summed E-state index contributed by atoms with van der Waals surface area (Å²) in [6.45, 7) is 6.64. The summed E-state index contributed by atoms with van der Waals surface area (Å²) in [6, 6.07) is 0. The molecule has 0 radical (unpaired) electrons. The fourth-order valence-electron chi connectivity index (χ4n) is 2.90. The number of hydrogen-bond donors (Lipinski definition) is 1. The first-order chi connectivity index (χ1) is 6.62. The molecule has 1 aliphatic carbocycles. The Bertz CT molecular complexity index is 159. The molecule has 0 aliphatic heterocycles. The van der Waals surface area contributed by atoms with E-state index in [0.717, 1.165) is 25.2 Å². The van der Waals surface area contributed by atoms with Crippen LogP contribution < -0.4 is 0 Å². The Morgan fingerprint density at radius 3 is 2.14 bits per heavy atom. The van der Waals surface area contributed by atoms with Crippen LogP contribution in [0.3, 0.4) is 0 Å². The van der Waals surface area contributed by atoms with Crippen LogP contribution in [-0.2, 0) is 0 Å². The molecule has 1 fully saturated rings. The summed E-state index contributed by atoms with van der Waals surface area (Å²) in [6.07, 6.45) is 8.14. The van der Waals surface area contributed by atoms with Gasteiger partial charge in [0.2, 0.25) is 0 Å². The Hall–Kier alpha value is -0.0400. The summed E-state index contributed by atoms with van der Waals surface area (Å²) in [4.78, 5) is 0. The molecule has 1 N–H and O–H groups in total. The maximum absolute atomic E-state index is 10.5. The van der Waals surface area contributed by atoms with Crippen molar-refractivity contribution < 1.29 is 5.11 Å². The minimum absolute atomic E-state index is 0.352. The molecule has 1 nitrogen and oxygen atoms in total. The highest BCUT2D eigenvalue weighted by molar-refractivity contribution is 4.87. The quantitative estimate of drug-likeness (QED) is 0.729. The summed E-state index contributed by atoms with van der Waals surface area (Å²) in [5, 5.41) is 10.5. The van der Waals surface area contributed by atoms with Crippen molar-refractivity contribution in [2.45, 2.75) is 71.3 Å². The maximum Gasteiger partial charge on any atom is 0.0673 e. The van der Waals surface area contributed by atoms with E-state index in [4.69, 9.17) is 0 Å². The molecule has 1 rings (SSSR count). The van der Waals surface area contributed by atoms with E-state index in [9.17, 15) is 5.11 Å². The molecule has 0 spiro atoms. The lowest BCUT2D eigenvalue weighted by Gasteiger charge is -2.39. The van der Waals surface area contributed by atoms with Gasteiger partial charge >= 0.3 is 0 Å². The topological polar surface area (TPSA) is 20.2 Å². The van der Waals surface area contributed by atoms with E-state index in [1.807, 2.05) is 0 Å². The van der Waals surface area contributed by atoms with Crippen molar-refractivity contribution in [3.05, 3.63) is 0 Å². The van der Waals surface area contributed by atoms with Gasteiger partial charge < -0.3 is 5.11 Å². The Kier molecular flexibility index (Phi) is 4.43. The molecule has 14 heavy (non-hydrogen) atoms. The SMILES string of the molecule is CCCC(O)(CC)C1CCC(C)CC1. The summed E-state index contributed by atoms with van der Waals surface area (Å²) < 4.78 is 0. The molecule has 0 aromatic heterocycles. The van der Waals surface area contributed by atoms with E-state index in [1.54, 1.807) is 0 Å². The lowest BCUT2D eigenvalue weighted by atomic mass is 9.71. The van der Waals surface area contributed by atoms with Crippen LogP contribution in [-0.4, -0.2) is 10.7 Å². The molecule has 0 aromatic rings. The fraction of sp³-hybridized carbons (Fsp3) is 1.00. The van der Waals surface area contributed by atoms with Crippen molar-refractivity contribution in [3.8, 4) is 0 Å². The predicted octanol–water partition coefficient (Wildman–Crippen LogP) is 3.75. The molecule has 1 unspecified atom stereocenters. The minimum atomic E-state index is -0.352. The fourth-order valence-corrected chi connectivity index (χ4v) is 2.90. The van der Waals surface area contributed by atoms with Crippen LogP contribution in [0.25, 0.3) is 0 Å². The van der Waals surface area contributed by atoms with Crippen LogP contribution >= 0.6 is 0 Å². The van der Waals surface area contributed by atoms with Gasteiger partial charge in [-0.15, -0.1) is 0 Å². The molecule has 0 amide bonds. The molecule has 1 atom stereocenters. The Balaban J connectivity index is 2.52. The molecule has 1 heteroatoms. The van der Waals surface area contributed by atoms with Crippen molar-refractivity contribution in [2.24, 2.45) is 11.8 Å². The van der Waals surface area contributed by atoms with Crippen molar-refractivity contribution in [2.75, 3.05) is 0 Å². The van der Waals surface area contributed by atoms with Crippen LogP contribution in [0.15, 0.2) is 0 Å². The number of rotatable bonds is 4. The molecule has 84 valence electrons. The van der Waals surface area contributed by atoms with Gasteiger partial charge in [-0.1, -0.05) is 40.0 Å². The summed E-state index contributed by atoms with van der Waals surface area (Å²) in [5.41, 5.74) is -0.352. The van der Waals surface area contributed by atoms with Gasteiger partial charge in [0.1, 0.15) is 0 Å². The molecule has 0 saturated heterocycles. The first-order valence-electron chi connectivity index (χ1n) is 6.34. The van der Waals surface area contributed by atoms with E-state index >= 15 is 0 Å². The third-order valence-electron chi connectivity index (χ3n) is 4.07. The summed E-state index contributed by atoms with van der Waals surface area (Å²) in [7, 11) is 0. The predicted molar refractivity (Wildman–Crippen MR) is 61.3 cm³/mol. The van der Waals surface area contributed by atoms with Crippen LogP contribution in [0, 0.1) is 11.8 Å². The first kappa shape index (κ1) is 12.0. The Morgan fingerprint density at radius 2 is 1.71 bits per heavy atom. The van der Waals surface area contributed by atoms with E-state index in [1.165, 1.54) is 25.7 Å². The molecular weight excluding hydrogens is 172 g/mol. The van der Waals surface area contributed by atoms with Gasteiger partial charge in [0.05, 0.1) is 5.60 Å². The third-order valence-corrected chi connectivity index (χ3v) is 4.07. The second-order valence-electron chi connectivity index (χ2n) is 5.16. The lowest BCUT2D eigenvalue weighted by molar-refractivity contribution is -0.0478.